The lowest BCUT2D eigenvalue weighted by Crippen LogP contribution is -2.60. The molecule has 2 heterocycles. The van der Waals surface area contributed by atoms with Crippen LogP contribution in [0.3, 0.4) is 0 Å². The number of ether oxygens (including phenoxy) is 3. The summed E-state index contributed by atoms with van der Waals surface area (Å²) < 4.78 is 32.6. The summed E-state index contributed by atoms with van der Waals surface area (Å²) in [6.45, 7) is 7.30. The first-order chi connectivity index (χ1) is 15.2. The Hall–Kier alpha value is -2.24. The molecule has 1 aliphatic heterocycles. The molecular formula is C22H31FN2O7. The van der Waals surface area contributed by atoms with Crippen molar-refractivity contribution in [2.24, 2.45) is 0 Å². The van der Waals surface area contributed by atoms with E-state index >= 15 is 0 Å². The van der Waals surface area contributed by atoms with Gasteiger partial charge in [0.2, 0.25) is 12.2 Å². The first-order valence-electron chi connectivity index (χ1n) is 10.6. The van der Waals surface area contributed by atoms with Crippen LogP contribution in [-0.4, -0.2) is 74.1 Å². The average molecular weight is 454 g/mol. The molecule has 0 spiro atoms. The quantitative estimate of drug-likeness (QED) is 0.467. The highest BCUT2D eigenvalue weighted by Crippen LogP contribution is 2.31. The van der Waals surface area contributed by atoms with Gasteiger partial charge in [0.1, 0.15) is 24.4 Å². The van der Waals surface area contributed by atoms with Gasteiger partial charge in [0.15, 0.2) is 11.6 Å². The Kier molecular flexibility index (Phi) is 7.73. The zero-order chi connectivity index (χ0) is 23.6. The summed E-state index contributed by atoms with van der Waals surface area (Å²) in [6.07, 6.45) is -6.80. The molecule has 1 unspecified atom stereocenters. The van der Waals surface area contributed by atoms with Gasteiger partial charge < -0.3 is 34.6 Å². The summed E-state index contributed by atoms with van der Waals surface area (Å²) in [7, 11) is 0. The molecule has 3 rings (SSSR count). The van der Waals surface area contributed by atoms with E-state index in [2.05, 4.69) is 5.10 Å². The number of nitrogens with zero attached hydrogens (tertiary/aromatic N) is 2. The van der Waals surface area contributed by atoms with Crippen LogP contribution >= 0.6 is 0 Å². The Labute approximate surface area is 186 Å². The summed E-state index contributed by atoms with van der Waals surface area (Å²) in [4.78, 5) is 0. The molecule has 0 saturated carbocycles. The Morgan fingerprint density at radius 2 is 1.91 bits per heavy atom. The predicted molar refractivity (Wildman–Crippen MR) is 112 cm³/mol. The van der Waals surface area contributed by atoms with Crippen molar-refractivity contribution in [1.29, 1.82) is 0 Å². The summed E-state index contributed by atoms with van der Waals surface area (Å²) in [5.74, 6) is -0.159. The maximum Gasteiger partial charge on any atom is 0.239 e. The van der Waals surface area contributed by atoms with Gasteiger partial charge in [-0.25, -0.2) is 4.39 Å². The van der Waals surface area contributed by atoms with Gasteiger partial charge in [-0.2, -0.15) is 0 Å². The molecule has 10 heteroatoms. The van der Waals surface area contributed by atoms with E-state index in [0.29, 0.717) is 17.7 Å². The fourth-order valence-electron chi connectivity index (χ4n) is 3.73. The van der Waals surface area contributed by atoms with Crippen LogP contribution in [0.2, 0.25) is 0 Å². The number of rotatable bonds is 8. The molecule has 9 nitrogen and oxygen atoms in total. The van der Waals surface area contributed by atoms with E-state index in [9.17, 15) is 24.8 Å². The van der Waals surface area contributed by atoms with Gasteiger partial charge in [-0.15, -0.1) is 5.10 Å². The second-order valence-corrected chi connectivity index (χ2v) is 8.10. The Morgan fingerprint density at radius 1 is 1.19 bits per heavy atom. The largest absolute Gasteiger partial charge is 0.491 e. The second kappa shape index (κ2) is 10.1. The van der Waals surface area contributed by atoms with Crippen molar-refractivity contribution in [3.63, 3.8) is 0 Å². The van der Waals surface area contributed by atoms with E-state index in [4.69, 9.17) is 14.2 Å². The van der Waals surface area contributed by atoms with E-state index in [0.717, 1.165) is 5.69 Å². The Bertz CT molecular complexity index is 918. The predicted octanol–water partition coefficient (Wildman–Crippen LogP) is 1.08. The molecule has 0 aliphatic carbocycles. The zero-order valence-electron chi connectivity index (χ0n) is 18.6. The number of hydrogen-bond acceptors (Lipinski definition) is 8. The van der Waals surface area contributed by atoms with Gasteiger partial charge in [-0.1, -0.05) is 6.07 Å². The normalized spacial score (nSPS) is 25.9. The topological polar surface area (TPSA) is 126 Å². The van der Waals surface area contributed by atoms with Crippen LogP contribution in [0.25, 0.3) is 0 Å². The van der Waals surface area contributed by atoms with Crippen molar-refractivity contribution in [2.45, 2.75) is 70.9 Å². The second-order valence-electron chi connectivity index (χ2n) is 8.10. The standard InChI is InChI=1S/C22H31FN2O7/c1-5-30-16-7-6-13(9-15(16)23)8-14-12(4)25(11(2)3)24-21(14)32-22-20(29)19(28)18(27)17(10-26)31-22/h6-7,9,11,17-20,22,26-29H,5,8,10H2,1-4H3/t17-,18-,19+,20-,22?/m1/s1. The van der Waals surface area contributed by atoms with Crippen molar-refractivity contribution in [3.8, 4) is 11.6 Å². The first kappa shape index (κ1) is 24.4. The fraction of sp³-hybridized carbons (Fsp3) is 0.591. The SMILES string of the molecule is CCOc1ccc(Cc2c(OC3O[C@H](CO)[C@@H](O)[C@H](O)[C@H]3O)nn(C(C)C)c2C)cc1F. The van der Waals surface area contributed by atoms with Gasteiger partial charge in [-0.05, 0) is 45.4 Å². The van der Waals surface area contributed by atoms with E-state index in [1.54, 1.807) is 23.7 Å². The number of aromatic nitrogens is 2. The third-order valence-corrected chi connectivity index (χ3v) is 5.48. The van der Waals surface area contributed by atoms with Crippen molar-refractivity contribution in [3.05, 3.63) is 40.8 Å². The summed E-state index contributed by atoms with van der Waals surface area (Å²) >= 11 is 0. The van der Waals surface area contributed by atoms with Crippen molar-refractivity contribution in [2.75, 3.05) is 13.2 Å². The molecule has 0 radical (unpaired) electrons. The van der Waals surface area contributed by atoms with Gasteiger partial charge >= 0.3 is 0 Å². The van der Waals surface area contributed by atoms with E-state index in [1.807, 2.05) is 20.8 Å². The van der Waals surface area contributed by atoms with Crippen LogP contribution in [0.5, 0.6) is 11.6 Å². The smallest absolute Gasteiger partial charge is 0.239 e. The Morgan fingerprint density at radius 3 is 2.50 bits per heavy atom. The summed E-state index contributed by atoms with van der Waals surface area (Å²) in [5.41, 5.74) is 2.10. The highest BCUT2D eigenvalue weighted by Gasteiger charge is 2.45. The van der Waals surface area contributed by atoms with Crippen LogP contribution in [0, 0.1) is 12.7 Å². The fourth-order valence-corrected chi connectivity index (χ4v) is 3.73. The maximum atomic E-state index is 14.4. The molecule has 178 valence electrons. The summed E-state index contributed by atoms with van der Waals surface area (Å²) in [5, 5.41) is 44.2. The van der Waals surface area contributed by atoms with Gasteiger partial charge in [0.05, 0.1) is 13.2 Å². The lowest BCUT2D eigenvalue weighted by atomic mass is 9.99. The summed E-state index contributed by atoms with van der Waals surface area (Å²) in [6, 6.07) is 4.69. The van der Waals surface area contributed by atoms with Gasteiger partial charge in [0, 0.05) is 23.7 Å². The minimum Gasteiger partial charge on any atom is -0.491 e. The third kappa shape index (κ3) is 4.89. The van der Waals surface area contributed by atoms with E-state index in [1.165, 1.54) is 6.07 Å². The van der Waals surface area contributed by atoms with E-state index < -0.39 is 43.1 Å². The molecular weight excluding hydrogens is 423 g/mol. The molecule has 1 fully saturated rings. The van der Waals surface area contributed by atoms with Crippen molar-refractivity contribution < 1.29 is 39.0 Å². The molecule has 2 aromatic rings. The Balaban J connectivity index is 1.91. The lowest BCUT2D eigenvalue weighted by molar-refractivity contribution is -0.278. The van der Waals surface area contributed by atoms with Crippen LogP contribution in [-0.2, 0) is 11.2 Å². The molecule has 1 aliphatic rings. The number of hydrogen-bond donors (Lipinski definition) is 4. The average Bonchev–Trinajstić information content (AvgIpc) is 3.06. The molecule has 4 N–H and O–H groups in total. The number of aliphatic hydroxyl groups excluding tert-OH is 4. The molecule has 0 bridgehead atoms. The van der Waals surface area contributed by atoms with Crippen molar-refractivity contribution >= 4 is 0 Å². The minimum absolute atomic E-state index is 0.00188. The van der Waals surface area contributed by atoms with Crippen LogP contribution in [0.15, 0.2) is 18.2 Å². The molecule has 1 aromatic carbocycles. The lowest BCUT2D eigenvalue weighted by Gasteiger charge is -2.39. The molecule has 32 heavy (non-hydrogen) atoms. The van der Waals surface area contributed by atoms with Crippen LogP contribution < -0.4 is 9.47 Å². The van der Waals surface area contributed by atoms with Crippen LogP contribution in [0.1, 0.15) is 43.6 Å². The number of halogens is 1. The number of benzene rings is 1. The third-order valence-electron chi connectivity index (χ3n) is 5.48. The molecule has 1 aromatic heterocycles. The van der Waals surface area contributed by atoms with Gasteiger partial charge in [-0.3, -0.25) is 4.68 Å². The van der Waals surface area contributed by atoms with E-state index in [-0.39, 0.29) is 24.1 Å². The van der Waals surface area contributed by atoms with Gasteiger partial charge in [0.25, 0.3) is 0 Å². The monoisotopic (exact) mass is 454 g/mol. The first-order valence-corrected chi connectivity index (χ1v) is 10.6. The molecule has 1 saturated heterocycles. The minimum atomic E-state index is -1.57. The van der Waals surface area contributed by atoms with Crippen molar-refractivity contribution in [1.82, 2.24) is 9.78 Å². The molecule has 0 amide bonds. The molecule has 5 atom stereocenters. The van der Waals surface area contributed by atoms with Crippen LogP contribution in [0.4, 0.5) is 4.39 Å². The zero-order valence-corrected chi connectivity index (χ0v) is 18.6. The number of aliphatic hydroxyl groups is 4. The maximum absolute atomic E-state index is 14.4. The highest BCUT2D eigenvalue weighted by molar-refractivity contribution is 5.39. The highest BCUT2D eigenvalue weighted by atomic mass is 19.1.